The van der Waals surface area contributed by atoms with E-state index >= 15 is 0 Å². The number of benzene rings is 1. The molecule has 6 nitrogen and oxygen atoms in total. The van der Waals surface area contributed by atoms with Crippen molar-refractivity contribution in [2.45, 2.75) is 0 Å². The first kappa shape index (κ1) is 13.8. The zero-order chi connectivity index (χ0) is 14.0. The fraction of sp³-hybridized carbons (Fsp3) is 0. The van der Waals surface area contributed by atoms with Crippen LogP contribution in [-0.2, 0) is 0 Å². The fourth-order valence-electron chi connectivity index (χ4n) is 1.37. The highest BCUT2D eigenvalue weighted by Gasteiger charge is 2.20. The van der Waals surface area contributed by atoms with E-state index in [4.69, 9.17) is 10.5 Å². The van der Waals surface area contributed by atoms with Crippen molar-refractivity contribution in [2.24, 2.45) is 0 Å². The van der Waals surface area contributed by atoms with Gasteiger partial charge in [0.05, 0.1) is 15.1 Å². The second-order valence-corrected chi connectivity index (χ2v) is 5.27. The summed E-state index contributed by atoms with van der Waals surface area (Å²) < 4.78 is 6.59. The van der Waals surface area contributed by atoms with E-state index in [1.54, 1.807) is 18.2 Å². The van der Waals surface area contributed by atoms with Crippen LogP contribution in [0.15, 0.2) is 39.4 Å². The SMILES string of the molecule is Nc1cc(Br)cnc1Oc1c(Br)cccc1[N+](=O)[O-]. The summed E-state index contributed by atoms with van der Waals surface area (Å²) in [6, 6.07) is 6.13. The van der Waals surface area contributed by atoms with Crippen LogP contribution in [0.25, 0.3) is 0 Å². The number of anilines is 1. The molecule has 0 spiro atoms. The van der Waals surface area contributed by atoms with Crippen LogP contribution in [-0.4, -0.2) is 9.91 Å². The second-order valence-electron chi connectivity index (χ2n) is 3.50. The van der Waals surface area contributed by atoms with Gasteiger partial charge in [0.1, 0.15) is 0 Å². The van der Waals surface area contributed by atoms with Gasteiger partial charge in [-0.1, -0.05) is 6.07 Å². The molecule has 0 aliphatic carbocycles. The minimum absolute atomic E-state index is 0.0639. The predicted octanol–water partition coefficient (Wildman–Crippen LogP) is 3.89. The van der Waals surface area contributed by atoms with Crippen LogP contribution >= 0.6 is 31.9 Å². The highest BCUT2D eigenvalue weighted by molar-refractivity contribution is 9.10. The molecule has 0 saturated carbocycles. The number of nitrogens with zero attached hydrogens (tertiary/aromatic N) is 2. The topological polar surface area (TPSA) is 91.3 Å². The maximum absolute atomic E-state index is 10.9. The first-order valence-corrected chi connectivity index (χ1v) is 6.59. The summed E-state index contributed by atoms with van der Waals surface area (Å²) in [7, 11) is 0. The lowest BCUT2D eigenvalue weighted by Gasteiger charge is -2.09. The van der Waals surface area contributed by atoms with Crippen molar-refractivity contribution in [3.63, 3.8) is 0 Å². The van der Waals surface area contributed by atoms with Crippen LogP contribution in [0.5, 0.6) is 11.6 Å². The minimum Gasteiger partial charge on any atom is -0.429 e. The van der Waals surface area contributed by atoms with Crippen LogP contribution in [0.1, 0.15) is 0 Å². The first-order valence-electron chi connectivity index (χ1n) is 5.01. The third kappa shape index (κ3) is 3.02. The average molecular weight is 389 g/mol. The van der Waals surface area contributed by atoms with E-state index in [-0.39, 0.29) is 23.0 Å². The number of nitro benzene ring substituents is 1. The van der Waals surface area contributed by atoms with E-state index in [1.807, 2.05) is 0 Å². The number of aromatic nitrogens is 1. The number of rotatable bonds is 3. The molecular weight excluding hydrogens is 382 g/mol. The quantitative estimate of drug-likeness (QED) is 0.636. The Morgan fingerprint density at radius 2 is 2.11 bits per heavy atom. The van der Waals surface area contributed by atoms with Crippen molar-refractivity contribution in [1.29, 1.82) is 0 Å². The van der Waals surface area contributed by atoms with Crippen molar-refractivity contribution in [2.75, 3.05) is 5.73 Å². The average Bonchev–Trinajstić information content (AvgIpc) is 2.34. The molecule has 19 heavy (non-hydrogen) atoms. The molecule has 8 heteroatoms. The van der Waals surface area contributed by atoms with Gasteiger partial charge in [-0.05, 0) is 44.0 Å². The van der Waals surface area contributed by atoms with E-state index in [0.29, 0.717) is 8.95 Å². The van der Waals surface area contributed by atoms with Gasteiger partial charge >= 0.3 is 5.69 Å². The molecule has 98 valence electrons. The molecule has 2 rings (SSSR count). The highest BCUT2D eigenvalue weighted by Crippen LogP contribution is 2.39. The highest BCUT2D eigenvalue weighted by atomic mass is 79.9. The molecule has 1 aromatic carbocycles. The molecule has 0 bridgehead atoms. The van der Waals surface area contributed by atoms with E-state index in [9.17, 15) is 10.1 Å². The predicted molar refractivity (Wildman–Crippen MR) is 77.2 cm³/mol. The summed E-state index contributed by atoms with van der Waals surface area (Å²) in [4.78, 5) is 14.4. The maximum Gasteiger partial charge on any atom is 0.312 e. The smallest absolute Gasteiger partial charge is 0.312 e. The van der Waals surface area contributed by atoms with E-state index in [1.165, 1.54) is 12.3 Å². The first-order chi connectivity index (χ1) is 8.99. The third-order valence-corrected chi connectivity index (χ3v) is 3.25. The molecule has 1 heterocycles. The monoisotopic (exact) mass is 387 g/mol. The molecule has 0 amide bonds. The number of nitrogen functional groups attached to an aromatic ring is 1. The van der Waals surface area contributed by atoms with Crippen LogP contribution in [0.4, 0.5) is 11.4 Å². The number of hydrogen-bond acceptors (Lipinski definition) is 5. The van der Waals surface area contributed by atoms with Gasteiger partial charge in [-0.15, -0.1) is 0 Å². The number of pyridine rings is 1. The Morgan fingerprint density at radius 1 is 1.37 bits per heavy atom. The van der Waals surface area contributed by atoms with E-state index < -0.39 is 4.92 Å². The van der Waals surface area contributed by atoms with Crippen molar-refractivity contribution < 1.29 is 9.66 Å². The summed E-state index contributed by atoms with van der Waals surface area (Å²) in [6.45, 7) is 0. The van der Waals surface area contributed by atoms with Gasteiger partial charge in [0.15, 0.2) is 0 Å². The molecule has 0 aliphatic heterocycles. The minimum atomic E-state index is -0.533. The van der Waals surface area contributed by atoms with Gasteiger partial charge in [0.2, 0.25) is 11.6 Å². The lowest BCUT2D eigenvalue weighted by atomic mass is 10.3. The van der Waals surface area contributed by atoms with E-state index in [0.717, 1.165) is 0 Å². The number of para-hydroxylation sites is 1. The fourth-order valence-corrected chi connectivity index (χ4v) is 2.15. The standard InChI is InChI=1S/C11H7Br2N3O3/c12-6-4-8(14)11(15-5-6)19-10-7(13)2-1-3-9(10)16(17)18/h1-5H,14H2. The summed E-state index contributed by atoms with van der Waals surface area (Å²) in [5.41, 5.74) is 5.85. The molecule has 0 unspecified atom stereocenters. The molecule has 0 atom stereocenters. The molecule has 0 fully saturated rings. The van der Waals surface area contributed by atoms with Crippen molar-refractivity contribution >= 4 is 43.2 Å². The molecule has 0 aliphatic rings. The molecule has 2 N–H and O–H groups in total. The summed E-state index contributed by atoms with van der Waals surface area (Å²) in [5.74, 6) is 0.173. The molecule has 1 aromatic heterocycles. The molecule has 0 saturated heterocycles. The van der Waals surface area contributed by atoms with Gasteiger partial charge in [-0.3, -0.25) is 10.1 Å². The molecule has 2 aromatic rings. The Kier molecular flexibility index (Phi) is 4.01. The molecule has 0 radical (unpaired) electrons. The van der Waals surface area contributed by atoms with Crippen LogP contribution in [0.3, 0.4) is 0 Å². The molecular formula is C11H7Br2N3O3. The van der Waals surface area contributed by atoms with Crippen molar-refractivity contribution in [1.82, 2.24) is 4.98 Å². The Morgan fingerprint density at radius 3 is 2.74 bits per heavy atom. The number of hydrogen-bond donors (Lipinski definition) is 1. The summed E-state index contributed by atoms with van der Waals surface area (Å²) >= 11 is 6.42. The van der Waals surface area contributed by atoms with Crippen LogP contribution in [0, 0.1) is 10.1 Å². The van der Waals surface area contributed by atoms with Crippen molar-refractivity contribution in [3.05, 3.63) is 49.5 Å². The van der Waals surface area contributed by atoms with Gasteiger partial charge in [0, 0.05) is 16.7 Å². The second kappa shape index (κ2) is 5.54. The zero-order valence-electron chi connectivity index (χ0n) is 9.34. The number of ether oxygens (including phenoxy) is 1. The van der Waals surface area contributed by atoms with Crippen LogP contribution < -0.4 is 10.5 Å². The number of nitro groups is 1. The van der Waals surface area contributed by atoms with Gasteiger partial charge in [0.25, 0.3) is 0 Å². The Bertz CT molecular complexity index is 649. The Balaban J connectivity index is 2.46. The van der Waals surface area contributed by atoms with Crippen LogP contribution in [0.2, 0.25) is 0 Å². The van der Waals surface area contributed by atoms with Gasteiger partial charge in [-0.25, -0.2) is 4.98 Å². The lowest BCUT2D eigenvalue weighted by Crippen LogP contribution is -1.98. The Hall–Kier alpha value is -1.67. The Labute approximate surface area is 125 Å². The summed E-state index contributed by atoms with van der Waals surface area (Å²) in [6.07, 6.45) is 1.49. The number of nitrogens with two attached hydrogens (primary N) is 1. The summed E-state index contributed by atoms with van der Waals surface area (Å²) in [5, 5.41) is 10.9. The maximum atomic E-state index is 10.9. The van der Waals surface area contributed by atoms with E-state index in [2.05, 4.69) is 36.8 Å². The lowest BCUT2D eigenvalue weighted by molar-refractivity contribution is -0.385. The zero-order valence-corrected chi connectivity index (χ0v) is 12.5. The van der Waals surface area contributed by atoms with Gasteiger partial charge in [-0.2, -0.15) is 0 Å². The van der Waals surface area contributed by atoms with Gasteiger partial charge < -0.3 is 10.5 Å². The van der Waals surface area contributed by atoms with Crippen molar-refractivity contribution in [3.8, 4) is 11.6 Å². The number of halogens is 2. The largest absolute Gasteiger partial charge is 0.429 e. The normalized spacial score (nSPS) is 10.2. The third-order valence-electron chi connectivity index (χ3n) is 2.19.